The third-order valence-electron chi connectivity index (χ3n) is 5.07. The van der Waals surface area contributed by atoms with E-state index in [2.05, 4.69) is 4.98 Å². The summed E-state index contributed by atoms with van der Waals surface area (Å²) in [4.78, 5) is 30.8. The van der Waals surface area contributed by atoms with Crippen molar-refractivity contribution >= 4 is 27.5 Å². The van der Waals surface area contributed by atoms with Crippen molar-refractivity contribution in [2.45, 2.75) is 59.0 Å². The third-order valence-corrected chi connectivity index (χ3v) is 6.24. The molecule has 4 rings (SSSR count). The second-order valence-electron chi connectivity index (χ2n) is 7.53. The Morgan fingerprint density at radius 3 is 2.67 bits per heavy atom. The summed E-state index contributed by atoms with van der Waals surface area (Å²) in [5.74, 6) is 1.49. The first kappa shape index (κ1) is 18.0. The molecule has 0 atom stereocenters. The average molecular weight is 381 g/mol. The molecule has 0 aromatic carbocycles. The van der Waals surface area contributed by atoms with Gasteiger partial charge in [-0.25, -0.2) is 9.97 Å². The molecule has 1 amide bonds. The Morgan fingerprint density at radius 1 is 1.26 bits per heavy atom. The lowest BCUT2D eigenvalue weighted by Crippen LogP contribution is -2.36. The van der Waals surface area contributed by atoms with Gasteiger partial charge in [-0.2, -0.15) is 0 Å². The van der Waals surface area contributed by atoms with E-state index in [0.29, 0.717) is 12.5 Å². The fourth-order valence-corrected chi connectivity index (χ4v) is 4.57. The van der Waals surface area contributed by atoms with Gasteiger partial charge in [0.25, 0.3) is 5.91 Å². The van der Waals surface area contributed by atoms with Gasteiger partial charge in [0.15, 0.2) is 0 Å². The highest BCUT2D eigenvalue weighted by molar-refractivity contribution is 7.20. The van der Waals surface area contributed by atoms with E-state index >= 15 is 0 Å². The average Bonchev–Trinajstić information content (AvgIpc) is 3.44. The molecule has 140 valence electrons. The van der Waals surface area contributed by atoms with Crippen LogP contribution in [-0.4, -0.2) is 31.8 Å². The number of thiophene rings is 1. The van der Waals surface area contributed by atoms with Gasteiger partial charge in [0.2, 0.25) is 0 Å². The van der Waals surface area contributed by atoms with Crippen molar-refractivity contribution in [2.75, 3.05) is 0 Å². The van der Waals surface area contributed by atoms with Gasteiger partial charge in [-0.3, -0.25) is 9.78 Å². The number of aryl methyl sites for hydroxylation is 2. The molecule has 0 saturated heterocycles. The number of fused-ring (bicyclic) bond motifs is 1. The highest BCUT2D eigenvalue weighted by atomic mass is 32.1. The number of rotatable bonds is 5. The molecule has 1 aliphatic carbocycles. The second-order valence-corrected chi connectivity index (χ2v) is 8.52. The van der Waals surface area contributed by atoms with Gasteiger partial charge in [0.05, 0.1) is 22.8 Å². The molecule has 0 spiro atoms. The van der Waals surface area contributed by atoms with E-state index in [4.69, 9.17) is 9.97 Å². The molecule has 3 heterocycles. The van der Waals surface area contributed by atoms with Crippen molar-refractivity contribution in [2.24, 2.45) is 0 Å². The van der Waals surface area contributed by atoms with Gasteiger partial charge >= 0.3 is 0 Å². The third kappa shape index (κ3) is 3.46. The normalized spacial score (nSPS) is 14.1. The molecule has 6 heteroatoms. The minimum absolute atomic E-state index is 0.0449. The van der Waals surface area contributed by atoms with Gasteiger partial charge in [-0.15, -0.1) is 11.3 Å². The predicted octanol–water partition coefficient (Wildman–Crippen LogP) is 4.63. The molecule has 1 fully saturated rings. The molecule has 0 radical (unpaired) electrons. The van der Waals surface area contributed by atoms with Crippen LogP contribution in [0.3, 0.4) is 0 Å². The second kappa shape index (κ2) is 7.00. The summed E-state index contributed by atoms with van der Waals surface area (Å²) < 4.78 is 0. The standard InChI is InChI=1S/C21H24N4OS/c1-12(2)25(11-16-7-5-6-10-22-16)21(26)18-13(3)17-14(4)23-19(15-8-9-15)24-20(17)27-18/h5-7,10,12,15H,8-9,11H2,1-4H3. The molecule has 0 unspecified atom stereocenters. The van der Waals surface area contributed by atoms with Crippen molar-refractivity contribution in [3.8, 4) is 0 Å². The van der Waals surface area contributed by atoms with Crippen molar-refractivity contribution in [1.82, 2.24) is 19.9 Å². The topological polar surface area (TPSA) is 59.0 Å². The fraction of sp³-hybridized carbons (Fsp3) is 0.429. The summed E-state index contributed by atoms with van der Waals surface area (Å²) in [6.45, 7) is 8.62. The number of carbonyl (C=O) groups is 1. The maximum absolute atomic E-state index is 13.4. The van der Waals surface area contributed by atoms with Crippen LogP contribution in [0.25, 0.3) is 10.2 Å². The maximum atomic E-state index is 13.4. The lowest BCUT2D eigenvalue weighted by molar-refractivity contribution is 0.0692. The fourth-order valence-electron chi connectivity index (χ4n) is 3.37. The van der Waals surface area contributed by atoms with Crippen LogP contribution in [0.4, 0.5) is 0 Å². The highest BCUT2D eigenvalue weighted by Crippen LogP contribution is 2.40. The number of pyridine rings is 1. The van der Waals surface area contributed by atoms with Crippen molar-refractivity contribution in [3.63, 3.8) is 0 Å². The van der Waals surface area contributed by atoms with Crippen LogP contribution in [0.15, 0.2) is 24.4 Å². The molecule has 5 nitrogen and oxygen atoms in total. The van der Waals surface area contributed by atoms with Crippen LogP contribution < -0.4 is 0 Å². The van der Waals surface area contributed by atoms with Gasteiger partial charge in [0.1, 0.15) is 10.7 Å². The van der Waals surface area contributed by atoms with E-state index in [9.17, 15) is 4.79 Å². The van der Waals surface area contributed by atoms with Gasteiger partial charge < -0.3 is 4.90 Å². The van der Waals surface area contributed by atoms with E-state index in [1.165, 1.54) is 24.2 Å². The zero-order chi connectivity index (χ0) is 19.1. The summed E-state index contributed by atoms with van der Waals surface area (Å²) in [6.07, 6.45) is 4.11. The summed E-state index contributed by atoms with van der Waals surface area (Å²) in [7, 11) is 0. The lowest BCUT2D eigenvalue weighted by atomic mass is 10.1. The lowest BCUT2D eigenvalue weighted by Gasteiger charge is -2.26. The van der Waals surface area contributed by atoms with Crippen LogP contribution in [0.5, 0.6) is 0 Å². The van der Waals surface area contributed by atoms with Crippen LogP contribution >= 0.6 is 11.3 Å². The van der Waals surface area contributed by atoms with Gasteiger partial charge in [-0.05, 0) is 58.2 Å². The number of hydrogen-bond acceptors (Lipinski definition) is 5. The van der Waals surface area contributed by atoms with E-state index in [-0.39, 0.29) is 11.9 Å². The number of nitrogens with zero attached hydrogens (tertiary/aromatic N) is 4. The largest absolute Gasteiger partial charge is 0.330 e. The number of carbonyl (C=O) groups excluding carboxylic acids is 1. The molecular formula is C21H24N4OS. The Hall–Kier alpha value is -2.34. The van der Waals surface area contributed by atoms with Crippen molar-refractivity contribution in [3.05, 3.63) is 52.0 Å². The van der Waals surface area contributed by atoms with E-state index in [0.717, 1.165) is 37.9 Å². The molecule has 0 aliphatic heterocycles. The number of amides is 1. The van der Waals surface area contributed by atoms with E-state index in [1.807, 2.05) is 50.8 Å². The molecule has 1 aliphatic rings. The molecule has 1 saturated carbocycles. The Kier molecular flexibility index (Phi) is 4.68. The maximum Gasteiger partial charge on any atom is 0.264 e. The number of hydrogen-bond donors (Lipinski definition) is 0. The molecular weight excluding hydrogens is 356 g/mol. The Bertz CT molecular complexity index is 992. The molecule has 0 bridgehead atoms. The zero-order valence-corrected chi connectivity index (χ0v) is 17.0. The molecule has 3 aromatic rings. The smallest absolute Gasteiger partial charge is 0.264 e. The summed E-state index contributed by atoms with van der Waals surface area (Å²) in [5, 5.41) is 1.04. The van der Waals surface area contributed by atoms with Crippen LogP contribution in [0.2, 0.25) is 0 Å². The molecule has 0 N–H and O–H groups in total. The molecule has 27 heavy (non-hydrogen) atoms. The van der Waals surface area contributed by atoms with E-state index in [1.54, 1.807) is 6.20 Å². The molecule has 3 aromatic heterocycles. The minimum Gasteiger partial charge on any atom is -0.330 e. The highest BCUT2D eigenvalue weighted by Gasteiger charge is 2.29. The Labute approximate surface area is 163 Å². The first-order chi connectivity index (χ1) is 13.0. The minimum atomic E-state index is 0.0449. The van der Waals surface area contributed by atoms with Crippen LogP contribution in [0, 0.1) is 13.8 Å². The SMILES string of the molecule is Cc1nc(C2CC2)nc2sc(C(=O)N(Cc3ccccn3)C(C)C)c(C)c12. The van der Waals surface area contributed by atoms with Gasteiger partial charge in [0, 0.05) is 23.5 Å². The zero-order valence-electron chi connectivity index (χ0n) is 16.2. The Morgan fingerprint density at radius 2 is 2.04 bits per heavy atom. The van der Waals surface area contributed by atoms with Crippen LogP contribution in [-0.2, 0) is 6.54 Å². The first-order valence-corrected chi connectivity index (χ1v) is 10.3. The Balaban J connectivity index is 1.72. The van der Waals surface area contributed by atoms with Crippen LogP contribution in [0.1, 0.15) is 65.1 Å². The van der Waals surface area contributed by atoms with Gasteiger partial charge in [-0.1, -0.05) is 6.07 Å². The first-order valence-electron chi connectivity index (χ1n) is 9.44. The summed E-state index contributed by atoms with van der Waals surface area (Å²) >= 11 is 1.50. The quantitative estimate of drug-likeness (QED) is 0.647. The summed E-state index contributed by atoms with van der Waals surface area (Å²) in [5.41, 5.74) is 2.87. The van der Waals surface area contributed by atoms with Crippen molar-refractivity contribution in [1.29, 1.82) is 0 Å². The monoisotopic (exact) mass is 380 g/mol. The summed E-state index contributed by atoms with van der Waals surface area (Å²) in [6, 6.07) is 5.88. The van der Waals surface area contributed by atoms with E-state index < -0.39 is 0 Å². The number of aromatic nitrogens is 3. The van der Waals surface area contributed by atoms with Crippen molar-refractivity contribution < 1.29 is 4.79 Å². The predicted molar refractivity (Wildman–Crippen MR) is 108 cm³/mol.